The van der Waals surface area contributed by atoms with Gasteiger partial charge in [0.05, 0.1) is 9.82 Å². The second-order valence-corrected chi connectivity index (χ2v) is 6.25. The molecule has 0 atom stereocenters. The minimum Gasteiger partial charge on any atom is -0.345 e. The Balaban J connectivity index is 2.37. The summed E-state index contributed by atoms with van der Waals surface area (Å²) in [6.45, 7) is 0. The standard InChI is InChI=1S/C15H13ClN2O3S/c1-17(2)15(19)10-3-8-14(13(9-10)18(20)21)22-12-6-4-11(16)5-7-12/h3-9H,1-2H3. The number of hydrogen-bond acceptors (Lipinski definition) is 4. The van der Waals surface area contributed by atoms with Crippen molar-refractivity contribution in [3.8, 4) is 0 Å². The molecule has 0 fully saturated rings. The highest BCUT2D eigenvalue weighted by molar-refractivity contribution is 7.99. The lowest BCUT2D eigenvalue weighted by Gasteiger charge is -2.11. The van der Waals surface area contributed by atoms with Crippen molar-refractivity contribution >= 4 is 35.0 Å². The molecular formula is C15H13ClN2O3S. The predicted octanol–water partition coefficient (Wildman–Crippen LogP) is 4.10. The SMILES string of the molecule is CN(C)C(=O)c1ccc(Sc2ccc(Cl)cc2)c([N+](=O)[O-])c1. The number of rotatable bonds is 4. The van der Waals surface area contributed by atoms with Gasteiger partial charge in [-0.2, -0.15) is 0 Å². The molecule has 0 bridgehead atoms. The molecule has 0 radical (unpaired) electrons. The van der Waals surface area contributed by atoms with Crippen LogP contribution in [-0.4, -0.2) is 29.8 Å². The predicted molar refractivity (Wildman–Crippen MR) is 86.7 cm³/mol. The maximum Gasteiger partial charge on any atom is 0.284 e. The van der Waals surface area contributed by atoms with Crippen LogP contribution in [0.4, 0.5) is 5.69 Å². The van der Waals surface area contributed by atoms with Crippen molar-refractivity contribution in [3.63, 3.8) is 0 Å². The van der Waals surface area contributed by atoms with Crippen molar-refractivity contribution in [2.45, 2.75) is 9.79 Å². The summed E-state index contributed by atoms with van der Waals surface area (Å²) in [5.74, 6) is -0.272. The van der Waals surface area contributed by atoms with E-state index < -0.39 is 4.92 Å². The lowest BCUT2D eigenvalue weighted by molar-refractivity contribution is -0.387. The zero-order valence-electron chi connectivity index (χ0n) is 11.9. The van der Waals surface area contributed by atoms with Gasteiger partial charge in [0.2, 0.25) is 0 Å². The number of carbonyl (C=O) groups is 1. The van der Waals surface area contributed by atoms with Crippen molar-refractivity contribution in [2.75, 3.05) is 14.1 Å². The second kappa shape index (κ2) is 6.81. The van der Waals surface area contributed by atoms with E-state index in [0.29, 0.717) is 9.92 Å². The summed E-state index contributed by atoms with van der Waals surface area (Å²) in [5.41, 5.74) is 0.199. The van der Waals surface area contributed by atoms with Crippen molar-refractivity contribution < 1.29 is 9.72 Å². The van der Waals surface area contributed by atoms with Gasteiger partial charge in [-0.1, -0.05) is 23.4 Å². The van der Waals surface area contributed by atoms with Gasteiger partial charge >= 0.3 is 0 Å². The molecule has 0 aromatic heterocycles. The molecule has 2 aromatic rings. The van der Waals surface area contributed by atoms with E-state index >= 15 is 0 Å². The molecule has 0 aliphatic rings. The summed E-state index contributed by atoms with van der Waals surface area (Å²) < 4.78 is 0. The van der Waals surface area contributed by atoms with Gasteiger partial charge in [-0.15, -0.1) is 0 Å². The molecule has 0 saturated heterocycles. The van der Waals surface area contributed by atoms with Crippen LogP contribution in [0, 0.1) is 10.1 Å². The largest absolute Gasteiger partial charge is 0.345 e. The maximum absolute atomic E-state index is 11.9. The minimum atomic E-state index is -0.481. The first-order valence-corrected chi connectivity index (χ1v) is 7.51. The fourth-order valence-corrected chi connectivity index (χ4v) is 2.79. The van der Waals surface area contributed by atoms with E-state index in [-0.39, 0.29) is 17.2 Å². The highest BCUT2D eigenvalue weighted by Gasteiger charge is 2.19. The molecule has 0 saturated carbocycles. The first-order valence-electron chi connectivity index (χ1n) is 6.32. The van der Waals surface area contributed by atoms with E-state index in [2.05, 4.69) is 0 Å². The Bertz CT molecular complexity index is 717. The van der Waals surface area contributed by atoms with Crippen LogP contribution in [0.15, 0.2) is 52.3 Å². The number of amides is 1. The minimum absolute atomic E-state index is 0.0901. The fourth-order valence-electron chi connectivity index (χ4n) is 1.77. The molecule has 0 spiro atoms. The van der Waals surface area contributed by atoms with Gasteiger partial charge in [-0.05, 0) is 36.4 Å². The number of carbonyl (C=O) groups excluding carboxylic acids is 1. The summed E-state index contributed by atoms with van der Waals surface area (Å²) in [6, 6.07) is 11.5. The molecule has 0 aliphatic heterocycles. The number of hydrogen-bond donors (Lipinski definition) is 0. The third kappa shape index (κ3) is 3.78. The van der Waals surface area contributed by atoms with E-state index in [1.54, 1.807) is 50.5 Å². The normalized spacial score (nSPS) is 10.3. The molecule has 22 heavy (non-hydrogen) atoms. The third-order valence-corrected chi connectivity index (χ3v) is 4.18. The fraction of sp³-hybridized carbons (Fsp3) is 0.133. The topological polar surface area (TPSA) is 63.5 Å². The van der Waals surface area contributed by atoms with Crippen LogP contribution in [0.25, 0.3) is 0 Å². The molecule has 0 unspecified atom stereocenters. The van der Waals surface area contributed by atoms with Crippen LogP contribution < -0.4 is 0 Å². The van der Waals surface area contributed by atoms with Crippen LogP contribution in [0.2, 0.25) is 5.02 Å². The van der Waals surface area contributed by atoms with Gasteiger partial charge in [-0.3, -0.25) is 14.9 Å². The highest BCUT2D eigenvalue weighted by Crippen LogP contribution is 2.35. The monoisotopic (exact) mass is 336 g/mol. The Labute approximate surface area is 137 Å². The molecule has 114 valence electrons. The van der Waals surface area contributed by atoms with Gasteiger partial charge in [0.15, 0.2) is 0 Å². The summed E-state index contributed by atoms with van der Waals surface area (Å²) in [5, 5.41) is 11.9. The molecule has 2 aromatic carbocycles. The van der Waals surface area contributed by atoms with Crippen molar-refractivity contribution in [2.24, 2.45) is 0 Å². The number of benzene rings is 2. The van der Waals surface area contributed by atoms with Gasteiger partial charge in [0.1, 0.15) is 0 Å². The zero-order valence-corrected chi connectivity index (χ0v) is 13.5. The van der Waals surface area contributed by atoms with Gasteiger partial charge in [0.25, 0.3) is 11.6 Å². The van der Waals surface area contributed by atoms with Crippen LogP contribution in [0.3, 0.4) is 0 Å². The smallest absolute Gasteiger partial charge is 0.284 e. The van der Waals surface area contributed by atoms with Crippen LogP contribution in [-0.2, 0) is 0 Å². The molecule has 2 rings (SSSR count). The Kier molecular flexibility index (Phi) is 5.05. The number of nitrogens with zero attached hydrogens (tertiary/aromatic N) is 2. The van der Waals surface area contributed by atoms with Gasteiger partial charge in [-0.25, -0.2) is 0 Å². The van der Waals surface area contributed by atoms with E-state index in [9.17, 15) is 14.9 Å². The molecule has 0 N–H and O–H groups in total. The summed E-state index contributed by atoms with van der Waals surface area (Å²) in [7, 11) is 3.20. The second-order valence-electron chi connectivity index (χ2n) is 4.70. The van der Waals surface area contributed by atoms with E-state index in [0.717, 1.165) is 4.90 Å². The third-order valence-electron chi connectivity index (χ3n) is 2.85. The molecule has 7 heteroatoms. The summed E-state index contributed by atoms with van der Waals surface area (Å²) in [6.07, 6.45) is 0. The number of nitro benzene ring substituents is 1. The molecule has 1 amide bonds. The summed E-state index contributed by atoms with van der Waals surface area (Å²) >= 11 is 7.08. The van der Waals surface area contributed by atoms with E-state index in [1.165, 1.54) is 22.7 Å². The molecule has 0 aliphatic carbocycles. The maximum atomic E-state index is 11.9. The number of nitro groups is 1. The quantitative estimate of drug-likeness (QED) is 0.623. The van der Waals surface area contributed by atoms with Crippen molar-refractivity contribution in [3.05, 3.63) is 63.2 Å². The van der Waals surface area contributed by atoms with Crippen LogP contribution in [0.5, 0.6) is 0 Å². The number of halogens is 1. The van der Waals surface area contributed by atoms with Crippen molar-refractivity contribution in [1.29, 1.82) is 0 Å². The van der Waals surface area contributed by atoms with Crippen molar-refractivity contribution in [1.82, 2.24) is 4.90 Å². The first kappa shape index (κ1) is 16.3. The highest BCUT2D eigenvalue weighted by atomic mass is 35.5. The summed E-state index contributed by atoms with van der Waals surface area (Å²) in [4.78, 5) is 25.4. The van der Waals surface area contributed by atoms with Gasteiger partial charge < -0.3 is 4.90 Å². The van der Waals surface area contributed by atoms with E-state index in [4.69, 9.17) is 11.6 Å². The lowest BCUT2D eigenvalue weighted by atomic mass is 10.2. The first-order chi connectivity index (χ1) is 10.4. The average molecular weight is 337 g/mol. The lowest BCUT2D eigenvalue weighted by Crippen LogP contribution is -2.21. The van der Waals surface area contributed by atoms with E-state index in [1.807, 2.05) is 0 Å². The molecular weight excluding hydrogens is 324 g/mol. The molecule has 0 heterocycles. The average Bonchev–Trinajstić information content (AvgIpc) is 2.49. The zero-order chi connectivity index (χ0) is 16.3. The molecule has 5 nitrogen and oxygen atoms in total. The van der Waals surface area contributed by atoms with Crippen LogP contribution >= 0.6 is 23.4 Å². The Morgan fingerprint density at radius 3 is 2.36 bits per heavy atom. The Morgan fingerprint density at radius 2 is 1.82 bits per heavy atom. The Morgan fingerprint density at radius 1 is 1.18 bits per heavy atom. The van der Waals surface area contributed by atoms with Gasteiger partial charge in [0, 0.05) is 35.6 Å². The Hall–Kier alpha value is -2.05. The van der Waals surface area contributed by atoms with Crippen LogP contribution in [0.1, 0.15) is 10.4 Å².